The van der Waals surface area contributed by atoms with E-state index in [2.05, 4.69) is 29.1 Å². The summed E-state index contributed by atoms with van der Waals surface area (Å²) in [5, 5.41) is 7.12. The van der Waals surface area contributed by atoms with Gasteiger partial charge in [-0.05, 0) is 24.3 Å². The van der Waals surface area contributed by atoms with E-state index in [0.717, 1.165) is 33.0 Å². The first-order valence-electron chi connectivity index (χ1n) is 8.55. The fraction of sp³-hybridized carbons (Fsp3) is 0.368. The maximum absolute atomic E-state index is 12.3. The highest BCUT2D eigenvalue weighted by Crippen LogP contribution is 2.22. The molecule has 0 saturated heterocycles. The fourth-order valence-electron chi connectivity index (χ4n) is 2.67. The monoisotopic (exact) mass is 372 g/mol. The van der Waals surface area contributed by atoms with Crippen molar-refractivity contribution < 1.29 is 9.53 Å². The van der Waals surface area contributed by atoms with Crippen molar-refractivity contribution in [2.45, 2.75) is 32.9 Å². The summed E-state index contributed by atoms with van der Waals surface area (Å²) in [6.45, 7) is 5.18. The third-order valence-corrected chi connectivity index (χ3v) is 5.32. The highest BCUT2D eigenvalue weighted by Gasteiger charge is 2.13. The normalized spacial score (nSPS) is 11.1. The van der Waals surface area contributed by atoms with Gasteiger partial charge in [0.2, 0.25) is 0 Å². The number of urea groups is 1. The zero-order valence-electron chi connectivity index (χ0n) is 15.5. The molecule has 3 rings (SSSR count). The number of nitrogens with one attached hydrogen (secondary N) is 2. The van der Waals surface area contributed by atoms with E-state index in [9.17, 15) is 4.79 Å². The number of carbonyl (C=O) groups is 1. The Morgan fingerprint density at radius 1 is 1.38 bits per heavy atom. The van der Waals surface area contributed by atoms with E-state index < -0.39 is 0 Å². The number of rotatable bonds is 6. The topological polar surface area (TPSA) is 70.2 Å². The van der Waals surface area contributed by atoms with Gasteiger partial charge in [0.15, 0.2) is 0 Å². The molecule has 26 heavy (non-hydrogen) atoms. The van der Waals surface area contributed by atoms with Crippen LogP contribution in [0.15, 0.2) is 29.6 Å². The molecule has 1 aromatic carbocycles. The number of hydrogen-bond donors (Lipinski definition) is 2. The maximum Gasteiger partial charge on any atom is 0.317 e. The van der Waals surface area contributed by atoms with E-state index in [4.69, 9.17) is 4.74 Å². The van der Waals surface area contributed by atoms with Gasteiger partial charge in [-0.15, -0.1) is 11.3 Å². The van der Waals surface area contributed by atoms with Crippen LogP contribution in [0.25, 0.3) is 10.9 Å². The van der Waals surface area contributed by atoms with E-state index in [1.807, 2.05) is 29.6 Å². The summed E-state index contributed by atoms with van der Waals surface area (Å²) in [5.41, 5.74) is 2.90. The van der Waals surface area contributed by atoms with Gasteiger partial charge >= 0.3 is 6.03 Å². The minimum absolute atomic E-state index is 0.125. The van der Waals surface area contributed by atoms with Crippen molar-refractivity contribution >= 4 is 28.3 Å². The number of methoxy groups -OCH3 is 1. The number of carbonyl (C=O) groups excluding carboxylic acids is 1. The fourth-order valence-corrected chi connectivity index (χ4v) is 3.50. The number of nitrogens with zero attached hydrogens (tertiary/aromatic N) is 2. The van der Waals surface area contributed by atoms with Gasteiger partial charge in [0.1, 0.15) is 5.75 Å². The predicted octanol–water partition coefficient (Wildman–Crippen LogP) is 4.10. The van der Waals surface area contributed by atoms with Crippen LogP contribution < -0.4 is 10.1 Å². The number of aromatic amines is 1. The van der Waals surface area contributed by atoms with Crippen molar-refractivity contribution in [1.82, 2.24) is 20.2 Å². The van der Waals surface area contributed by atoms with Crippen LogP contribution >= 0.6 is 11.3 Å². The number of aromatic nitrogens is 2. The predicted molar refractivity (Wildman–Crippen MR) is 105 cm³/mol. The Morgan fingerprint density at radius 3 is 2.88 bits per heavy atom. The summed E-state index contributed by atoms with van der Waals surface area (Å²) in [6, 6.07) is 7.75. The van der Waals surface area contributed by atoms with E-state index >= 15 is 0 Å². The van der Waals surface area contributed by atoms with Gasteiger partial charge in [0, 0.05) is 34.9 Å². The van der Waals surface area contributed by atoms with Crippen LogP contribution in [0, 0.1) is 0 Å². The summed E-state index contributed by atoms with van der Waals surface area (Å²) < 4.78 is 5.24. The molecule has 2 N–H and O–H groups in total. The third-order valence-electron chi connectivity index (χ3n) is 4.12. The van der Waals surface area contributed by atoms with Crippen molar-refractivity contribution in [3.8, 4) is 5.75 Å². The molecular weight excluding hydrogens is 348 g/mol. The van der Waals surface area contributed by atoms with Crippen LogP contribution in [0.1, 0.15) is 36.2 Å². The molecule has 0 radical (unpaired) electrons. The second kappa shape index (κ2) is 7.78. The van der Waals surface area contributed by atoms with Crippen LogP contribution in [-0.2, 0) is 13.1 Å². The highest BCUT2D eigenvalue weighted by atomic mass is 32.1. The third kappa shape index (κ3) is 4.16. The molecule has 0 aliphatic heterocycles. The second-order valence-corrected chi connectivity index (χ2v) is 7.48. The number of benzene rings is 1. The number of ether oxygens (including phenoxy) is 1. The Labute approximate surface area is 157 Å². The minimum Gasteiger partial charge on any atom is -0.497 e. The Balaban J connectivity index is 1.57. The molecule has 7 heteroatoms. The number of thiazole rings is 1. The van der Waals surface area contributed by atoms with Crippen LogP contribution in [0.4, 0.5) is 4.79 Å². The quantitative estimate of drug-likeness (QED) is 0.684. The van der Waals surface area contributed by atoms with Gasteiger partial charge in [0.25, 0.3) is 0 Å². The number of fused-ring (bicyclic) bond motifs is 1. The molecule has 3 aromatic rings. The average molecular weight is 372 g/mol. The molecular formula is C19H24N4O2S. The Hall–Kier alpha value is -2.54. The Kier molecular flexibility index (Phi) is 5.46. The van der Waals surface area contributed by atoms with E-state index in [-0.39, 0.29) is 6.03 Å². The highest BCUT2D eigenvalue weighted by molar-refractivity contribution is 7.09. The molecule has 0 saturated carbocycles. The Morgan fingerprint density at radius 2 is 2.19 bits per heavy atom. The molecule has 2 heterocycles. The Bertz CT molecular complexity index is 900. The van der Waals surface area contributed by atoms with E-state index in [1.165, 1.54) is 0 Å². The zero-order chi connectivity index (χ0) is 18.7. The standard InChI is InChI=1S/C19H24N4O2S/c1-12(2)18-22-15(11-26-18)10-23(3)19(24)20-9-14-7-13-8-16(25-4)5-6-17(13)21-14/h5-8,11-12,21H,9-10H2,1-4H3,(H,20,24). The number of hydrogen-bond acceptors (Lipinski definition) is 4. The molecule has 0 fully saturated rings. The van der Waals surface area contributed by atoms with Gasteiger partial charge in [0.05, 0.1) is 30.9 Å². The first-order valence-corrected chi connectivity index (χ1v) is 9.43. The minimum atomic E-state index is -0.125. The molecule has 0 spiro atoms. The van der Waals surface area contributed by atoms with Crippen LogP contribution in [0.5, 0.6) is 5.75 Å². The van der Waals surface area contributed by atoms with Crippen molar-refractivity contribution in [3.05, 3.63) is 46.0 Å². The van der Waals surface area contributed by atoms with Crippen molar-refractivity contribution in [3.63, 3.8) is 0 Å². The molecule has 2 amide bonds. The van der Waals surface area contributed by atoms with Gasteiger partial charge in [-0.2, -0.15) is 0 Å². The molecule has 0 atom stereocenters. The first kappa shape index (κ1) is 18.3. The van der Waals surface area contributed by atoms with Crippen molar-refractivity contribution in [2.75, 3.05) is 14.2 Å². The van der Waals surface area contributed by atoms with Crippen molar-refractivity contribution in [1.29, 1.82) is 0 Å². The van der Waals surface area contributed by atoms with Crippen molar-refractivity contribution in [2.24, 2.45) is 0 Å². The van der Waals surface area contributed by atoms with Crippen LogP contribution in [-0.4, -0.2) is 35.1 Å². The average Bonchev–Trinajstić information content (AvgIpc) is 3.25. The molecule has 2 aromatic heterocycles. The summed E-state index contributed by atoms with van der Waals surface area (Å²) >= 11 is 1.64. The largest absolute Gasteiger partial charge is 0.497 e. The molecule has 0 bridgehead atoms. The lowest BCUT2D eigenvalue weighted by Gasteiger charge is -2.16. The smallest absolute Gasteiger partial charge is 0.317 e. The van der Waals surface area contributed by atoms with Gasteiger partial charge < -0.3 is 19.9 Å². The van der Waals surface area contributed by atoms with Crippen LogP contribution in [0.3, 0.4) is 0 Å². The number of H-pyrrole nitrogens is 1. The zero-order valence-corrected chi connectivity index (χ0v) is 16.3. The summed E-state index contributed by atoms with van der Waals surface area (Å²) in [6.07, 6.45) is 0. The second-order valence-electron chi connectivity index (χ2n) is 6.59. The van der Waals surface area contributed by atoms with Crippen LogP contribution in [0.2, 0.25) is 0 Å². The summed E-state index contributed by atoms with van der Waals surface area (Å²) in [5.74, 6) is 1.23. The van der Waals surface area contributed by atoms with Gasteiger partial charge in [-0.1, -0.05) is 13.8 Å². The SMILES string of the molecule is COc1ccc2[nH]c(CNC(=O)N(C)Cc3csc(C(C)C)n3)cc2c1. The molecule has 0 unspecified atom stereocenters. The maximum atomic E-state index is 12.3. The number of amides is 2. The molecule has 0 aliphatic rings. The summed E-state index contributed by atoms with van der Waals surface area (Å²) in [4.78, 5) is 21.9. The van der Waals surface area contributed by atoms with Gasteiger partial charge in [-0.3, -0.25) is 0 Å². The lowest BCUT2D eigenvalue weighted by atomic mass is 10.2. The first-order chi connectivity index (χ1) is 12.5. The molecule has 138 valence electrons. The molecule has 0 aliphatic carbocycles. The van der Waals surface area contributed by atoms with E-state index in [1.54, 1.807) is 30.4 Å². The van der Waals surface area contributed by atoms with Gasteiger partial charge in [-0.25, -0.2) is 9.78 Å². The lowest BCUT2D eigenvalue weighted by molar-refractivity contribution is 0.206. The van der Waals surface area contributed by atoms with E-state index in [0.29, 0.717) is 19.0 Å². The lowest BCUT2D eigenvalue weighted by Crippen LogP contribution is -2.36. The summed E-state index contributed by atoms with van der Waals surface area (Å²) in [7, 11) is 3.43. The molecule has 6 nitrogen and oxygen atoms in total.